The second-order valence-corrected chi connectivity index (χ2v) is 5.29. The molecular formula is C14H20N2O. The first-order valence-corrected chi connectivity index (χ1v) is 6.19. The number of hydrogen-bond acceptors (Lipinski definition) is 3. The van der Waals surface area contributed by atoms with Gasteiger partial charge in [0.25, 0.3) is 0 Å². The van der Waals surface area contributed by atoms with Crippen molar-refractivity contribution in [2.75, 3.05) is 20.6 Å². The van der Waals surface area contributed by atoms with Gasteiger partial charge >= 0.3 is 0 Å². The van der Waals surface area contributed by atoms with Gasteiger partial charge in [0.2, 0.25) is 0 Å². The number of hydrogen-bond donors (Lipinski definition) is 0. The van der Waals surface area contributed by atoms with Crippen molar-refractivity contribution in [3.05, 3.63) is 30.1 Å². The highest BCUT2D eigenvalue weighted by Gasteiger charge is 2.36. The quantitative estimate of drug-likeness (QED) is 0.799. The second kappa shape index (κ2) is 4.96. The van der Waals surface area contributed by atoms with Crippen LogP contribution >= 0.6 is 0 Å². The van der Waals surface area contributed by atoms with Crippen LogP contribution in [0.15, 0.2) is 24.5 Å². The standard InChI is InChI=1S/C14H20N2O/c1-16(2)11-14(7-3-13(17)4-8-14)12-5-9-15-10-6-12/h5-6,9-10H,3-4,7-8,11H2,1-2H3. The first kappa shape index (κ1) is 12.2. The largest absolute Gasteiger partial charge is 0.309 e. The van der Waals surface area contributed by atoms with Crippen LogP contribution in [0, 0.1) is 0 Å². The number of pyridine rings is 1. The van der Waals surface area contributed by atoms with Crippen molar-refractivity contribution in [1.29, 1.82) is 0 Å². The van der Waals surface area contributed by atoms with E-state index in [9.17, 15) is 4.79 Å². The van der Waals surface area contributed by atoms with E-state index in [0.717, 1.165) is 32.2 Å². The fourth-order valence-corrected chi connectivity index (χ4v) is 2.86. The van der Waals surface area contributed by atoms with Crippen LogP contribution in [0.3, 0.4) is 0 Å². The van der Waals surface area contributed by atoms with Crippen LogP contribution in [0.2, 0.25) is 0 Å². The Morgan fingerprint density at radius 1 is 1.24 bits per heavy atom. The number of aromatic nitrogens is 1. The number of carbonyl (C=O) groups excluding carboxylic acids is 1. The van der Waals surface area contributed by atoms with Gasteiger partial charge < -0.3 is 4.90 Å². The fraction of sp³-hybridized carbons (Fsp3) is 0.571. The molecule has 1 aromatic rings. The summed E-state index contributed by atoms with van der Waals surface area (Å²) in [5.41, 5.74) is 1.47. The Bertz CT molecular complexity index is 376. The molecule has 0 bridgehead atoms. The van der Waals surface area contributed by atoms with Crippen LogP contribution < -0.4 is 0 Å². The average molecular weight is 232 g/mol. The third-order valence-electron chi connectivity index (χ3n) is 3.68. The van der Waals surface area contributed by atoms with Crippen molar-refractivity contribution in [1.82, 2.24) is 9.88 Å². The molecule has 0 amide bonds. The zero-order chi connectivity index (χ0) is 12.3. The summed E-state index contributed by atoms with van der Waals surface area (Å²) in [5.74, 6) is 0.411. The van der Waals surface area contributed by atoms with Gasteiger partial charge in [0, 0.05) is 37.2 Å². The molecule has 2 rings (SSSR count). The number of nitrogens with zero attached hydrogens (tertiary/aromatic N) is 2. The molecule has 0 saturated heterocycles. The molecule has 3 nitrogen and oxygen atoms in total. The number of carbonyl (C=O) groups is 1. The van der Waals surface area contributed by atoms with Gasteiger partial charge in [-0.3, -0.25) is 9.78 Å². The number of Topliss-reactive ketones (excluding diaryl/α,β-unsaturated/α-hetero) is 1. The van der Waals surface area contributed by atoms with Crippen LogP contribution in [0.5, 0.6) is 0 Å². The van der Waals surface area contributed by atoms with Crippen molar-refractivity contribution >= 4 is 5.78 Å². The Morgan fingerprint density at radius 3 is 2.35 bits per heavy atom. The molecule has 1 fully saturated rings. The van der Waals surface area contributed by atoms with E-state index in [1.165, 1.54) is 5.56 Å². The minimum Gasteiger partial charge on any atom is -0.309 e. The third kappa shape index (κ3) is 2.72. The van der Waals surface area contributed by atoms with E-state index >= 15 is 0 Å². The highest BCUT2D eigenvalue weighted by molar-refractivity contribution is 5.79. The van der Waals surface area contributed by atoms with Gasteiger partial charge in [-0.05, 0) is 44.6 Å². The van der Waals surface area contributed by atoms with Crippen molar-refractivity contribution in [2.45, 2.75) is 31.1 Å². The topological polar surface area (TPSA) is 33.2 Å². The number of ketones is 1. The van der Waals surface area contributed by atoms with Crippen LogP contribution in [0.4, 0.5) is 0 Å². The predicted octanol–water partition coefficient (Wildman–Crippen LogP) is 2.02. The predicted molar refractivity (Wildman–Crippen MR) is 67.9 cm³/mol. The smallest absolute Gasteiger partial charge is 0.132 e. The summed E-state index contributed by atoms with van der Waals surface area (Å²) in [4.78, 5) is 17.7. The Labute approximate surface area is 103 Å². The molecule has 1 aromatic heterocycles. The van der Waals surface area contributed by atoms with Crippen molar-refractivity contribution < 1.29 is 4.79 Å². The van der Waals surface area contributed by atoms with E-state index in [1.54, 1.807) is 0 Å². The van der Waals surface area contributed by atoms with E-state index in [1.807, 2.05) is 12.4 Å². The van der Waals surface area contributed by atoms with Crippen LogP contribution in [0.1, 0.15) is 31.2 Å². The van der Waals surface area contributed by atoms with Gasteiger partial charge in [0.05, 0.1) is 0 Å². The van der Waals surface area contributed by atoms with Gasteiger partial charge in [-0.2, -0.15) is 0 Å². The Morgan fingerprint density at radius 2 is 1.82 bits per heavy atom. The first-order valence-electron chi connectivity index (χ1n) is 6.19. The summed E-state index contributed by atoms with van der Waals surface area (Å²) in [6.45, 7) is 1.00. The van der Waals surface area contributed by atoms with Gasteiger partial charge in [-0.1, -0.05) is 0 Å². The molecule has 0 aromatic carbocycles. The number of likely N-dealkylation sites (N-methyl/N-ethyl adjacent to an activating group) is 1. The Hall–Kier alpha value is -1.22. The third-order valence-corrected chi connectivity index (χ3v) is 3.68. The summed E-state index contributed by atoms with van der Waals surface area (Å²) in [6, 6.07) is 4.19. The lowest BCUT2D eigenvalue weighted by Gasteiger charge is -2.39. The summed E-state index contributed by atoms with van der Waals surface area (Å²) in [5, 5.41) is 0. The van der Waals surface area contributed by atoms with Crippen molar-refractivity contribution in [3.8, 4) is 0 Å². The fourth-order valence-electron chi connectivity index (χ4n) is 2.86. The average Bonchev–Trinajstić information content (AvgIpc) is 2.33. The number of rotatable bonds is 3. The molecule has 0 N–H and O–H groups in total. The van der Waals surface area contributed by atoms with E-state index < -0.39 is 0 Å². The summed E-state index contributed by atoms with van der Waals surface area (Å²) >= 11 is 0. The van der Waals surface area contributed by atoms with E-state index in [4.69, 9.17) is 0 Å². The first-order chi connectivity index (χ1) is 8.12. The van der Waals surface area contributed by atoms with Crippen LogP contribution in [-0.2, 0) is 10.2 Å². The lowest BCUT2D eigenvalue weighted by molar-refractivity contribution is -0.121. The molecule has 1 heterocycles. The Balaban J connectivity index is 2.27. The van der Waals surface area contributed by atoms with Gasteiger partial charge in [-0.15, -0.1) is 0 Å². The lowest BCUT2D eigenvalue weighted by atomic mass is 9.69. The molecule has 0 aliphatic heterocycles. The molecule has 1 saturated carbocycles. The van der Waals surface area contributed by atoms with Crippen LogP contribution in [0.25, 0.3) is 0 Å². The van der Waals surface area contributed by atoms with E-state index in [0.29, 0.717) is 5.78 Å². The molecule has 1 aliphatic carbocycles. The van der Waals surface area contributed by atoms with Crippen LogP contribution in [-0.4, -0.2) is 36.3 Å². The molecule has 0 atom stereocenters. The maximum atomic E-state index is 11.4. The van der Waals surface area contributed by atoms with Gasteiger partial charge in [0.15, 0.2) is 0 Å². The summed E-state index contributed by atoms with van der Waals surface area (Å²) in [7, 11) is 4.19. The molecule has 3 heteroatoms. The minimum absolute atomic E-state index is 0.139. The van der Waals surface area contributed by atoms with Crippen molar-refractivity contribution in [3.63, 3.8) is 0 Å². The SMILES string of the molecule is CN(C)CC1(c2ccncc2)CCC(=O)CC1. The normalized spacial score (nSPS) is 19.6. The molecule has 17 heavy (non-hydrogen) atoms. The summed E-state index contributed by atoms with van der Waals surface area (Å²) < 4.78 is 0. The summed E-state index contributed by atoms with van der Waals surface area (Å²) in [6.07, 6.45) is 7.07. The van der Waals surface area contributed by atoms with E-state index in [-0.39, 0.29) is 5.41 Å². The minimum atomic E-state index is 0.139. The van der Waals surface area contributed by atoms with Gasteiger partial charge in [0.1, 0.15) is 5.78 Å². The Kier molecular flexibility index (Phi) is 3.57. The molecule has 0 unspecified atom stereocenters. The highest BCUT2D eigenvalue weighted by Crippen LogP contribution is 2.38. The van der Waals surface area contributed by atoms with Gasteiger partial charge in [-0.25, -0.2) is 0 Å². The molecule has 1 aliphatic rings. The zero-order valence-electron chi connectivity index (χ0n) is 10.6. The van der Waals surface area contributed by atoms with Crippen molar-refractivity contribution in [2.24, 2.45) is 0 Å². The maximum Gasteiger partial charge on any atom is 0.132 e. The highest BCUT2D eigenvalue weighted by atomic mass is 16.1. The zero-order valence-corrected chi connectivity index (χ0v) is 10.6. The molecule has 0 radical (unpaired) electrons. The van der Waals surface area contributed by atoms with E-state index in [2.05, 4.69) is 36.1 Å². The maximum absolute atomic E-state index is 11.4. The molecule has 0 spiro atoms. The molecular weight excluding hydrogens is 212 g/mol. The monoisotopic (exact) mass is 232 g/mol. The molecule has 92 valence electrons. The lowest BCUT2D eigenvalue weighted by Crippen LogP contribution is -2.41. The second-order valence-electron chi connectivity index (χ2n) is 5.29.